The van der Waals surface area contributed by atoms with Crippen LogP contribution in [0.25, 0.3) is 0 Å². The first-order chi connectivity index (χ1) is 9.94. The van der Waals surface area contributed by atoms with E-state index in [1.807, 2.05) is 0 Å². The van der Waals surface area contributed by atoms with Gasteiger partial charge in [-0.2, -0.15) is 0 Å². The van der Waals surface area contributed by atoms with E-state index in [1.165, 1.54) is 0 Å². The van der Waals surface area contributed by atoms with Gasteiger partial charge in [-0.1, -0.05) is 42.3 Å². The van der Waals surface area contributed by atoms with Gasteiger partial charge >= 0.3 is 0 Å². The summed E-state index contributed by atoms with van der Waals surface area (Å²) in [5.74, 6) is 0.0591. The minimum atomic E-state index is -3.27. The lowest BCUT2D eigenvalue weighted by atomic mass is 10.2. The Hall–Kier alpha value is -1.23. The summed E-state index contributed by atoms with van der Waals surface area (Å²) >= 11 is 12.0. The SMILES string of the molecule is CCS(=O)(=O)c1ccccc1NCc1cc(Cl)ccc1Cl. The summed E-state index contributed by atoms with van der Waals surface area (Å²) in [4.78, 5) is 0.297. The van der Waals surface area contributed by atoms with E-state index < -0.39 is 9.84 Å². The smallest absolute Gasteiger partial charge is 0.180 e. The first-order valence-electron chi connectivity index (χ1n) is 6.43. The second-order valence-electron chi connectivity index (χ2n) is 4.49. The van der Waals surface area contributed by atoms with E-state index in [-0.39, 0.29) is 5.75 Å². The third-order valence-corrected chi connectivity index (χ3v) is 5.47. The van der Waals surface area contributed by atoms with Gasteiger partial charge in [0.15, 0.2) is 9.84 Å². The van der Waals surface area contributed by atoms with E-state index in [2.05, 4.69) is 5.32 Å². The number of para-hydroxylation sites is 1. The summed E-state index contributed by atoms with van der Waals surface area (Å²) in [6.07, 6.45) is 0. The van der Waals surface area contributed by atoms with Crippen LogP contribution in [0.2, 0.25) is 10.0 Å². The van der Waals surface area contributed by atoms with Crippen molar-refractivity contribution in [3.63, 3.8) is 0 Å². The highest BCUT2D eigenvalue weighted by Crippen LogP contribution is 2.25. The molecule has 2 aromatic carbocycles. The van der Waals surface area contributed by atoms with Crippen LogP contribution in [0.4, 0.5) is 5.69 Å². The highest BCUT2D eigenvalue weighted by Gasteiger charge is 2.16. The molecule has 0 radical (unpaired) electrons. The minimum Gasteiger partial charge on any atom is -0.380 e. The van der Waals surface area contributed by atoms with Crippen LogP contribution in [0.15, 0.2) is 47.4 Å². The lowest BCUT2D eigenvalue weighted by Gasteiger charge is -2.12. The van der Waals surface area contributed by atoms with Gasteiger partial charge in [0.2, 0.25) is 0 Å². The Balaban J connectivity index is 2.27. The van der Waals surface area contributed by atoms with E-state index in [1.54, 1.807) is 49.4 Å². The van der Waals surface area contributed by atoms with Gasteiger partial charge in [0.25, 0.3) is 0 Å². The lowest BCUT2D eigenvalue weighted by Crippen LogP contribution is -2.09. The Morgan fingerprint density at radius 1 is 1.10 bits per heavy atom. The number of benzene rings is 2. The van der Waals surface area contributed by atoms with Crippen LogP contribution in [0.3, 0.4) is 0 Å². The summed E-state index contributed by atoms with van der Waals surface area (Å²) in [5.41, 5.74) is 1.38. The highest BCUT2D eigenvalue weighted by molar-refractivity contribution is 7.91. The Morgan fingerprint density at radius 3 is 2.52 bits per heavy atom. The van der Waals surface area contributed by atoms with Crippen molar-refractivity contribution in [2.75, 3.05) is 11.1 Å². The summed E-state index contributed by atoms with van der Waals surface area (Å²) in [6, 6.07) is 12.0. The van der Waals surface area contributed by atoms with E-state index in [0.717, 1.165) is 5.56 Å². The third-order valence-electron chi connectivity index (χ3n) is 3.08. The molecule has 0 heterocycles. The van der Waals surface area contributed by atoms with Crippen molar-refractivity contribution in [2.24, 2.45) is 0 Å². The van der Waals surface area contributed by atoms with Crippen LogP contribution in [0.1, 0.15) is 12.5 Å². The van der Waals surface area contributed by atoms with Gasteiger partial charge in [-0.15, -0.1) is 0 Å². The molecule has 1 N–H and O–H groups in total. The van der Waals surface area contributed by atoms with Crippen molar-refractivity contribution in [1.29, 1.82) is 0 Å². The highest BCUT2D eigenvalue weighted by atomic mass is 35.5. The van der Waals surface area contributed by atoms with Crippen molar-refractivity contribution < 1.29 is 8.42 Å². The topological polar surface area (TPSA) is 46.2 Å². The van der Waals surface area contributed by atoms with Crippen molar-refractivity contribution >= 4 is 38.7 Å². The molecule has 0 bridgehead atoms. The molecule has 0 aliphatic heterocycles. The fraction of sp³-hybridized carbons (Fsp3) is 0.200. The zero-order valence-corrected chi connectivity index (χ0v) is 13.8. The van der Waals surface area contributed by atoms with Gasteiger partial charge in [-0.25, -0.2) is 8.42 Å². The summed E-state index contributed by atoms with van der Waals surface area (Å²) in [7, 11) is -3.27. The number of halogens is 2. The molecule has 0 saturated carbocycles. The zero-order chi connectivity index (χ0) is 15.5. The van der Waals surface area contributed by atoms with Crippen molar-refractivity contribution in [1.82, 2.24) is 0 Å². The molecule has 0 fully saturated rings. The van der Waals surface area contributed by atoms with Gasteiger partial charge < -0.3 is 5.32 Å². The monoisotopic (exact) mass is 343 g/mol. The molecule has 2 rings (SSSR count). The molecular weight excluding hydrogens is 329 g/mol. The predicted octanol–water partition coefficient (Wildman–Crippen LogP) is 4.40. The van der Waals surface area contributed by atoms with Crippen LogP contribution in [0.5, 0.6) is 0 Å². The molecule has 0 spiro atoms. The third kappa shape index (κ3) is 3.90. The number of hydrogen-bond acceptors (Lipinski definition) is 3. The van der Waals surface area contributed by atoms with Gasteiger partial charge in [0, 0.05) is 16.6 Å². The van der Waals surface area contributed by atoms with Crippen molar-refractivity contribution in [3.05, 3.63) is 58.1 Å². The Bertz CT molecular complexity index is 745. The fourth-order valence-electron chi connectivity index (χ4n) is 1.91. The maximum atomic E-state index is 12.1. The summed E-state index contributed by atoms with van der Waals surface area (Å²) in [5, 5.41) is 4.29. The van der Waals surface area contributed by atoms with Crippen LogP contribution in [0, 0.1) is 0 Å². The van der Waals surface area contributed by atoms with Gasteiger partial charge in [0.05, 0.1) is 16.3 Å². The van der Waals surface area contributed by atoms with Crippen molar-refractivity contribution in [3.8, 4) is 0 Å². The van der Waals surface area contributed by atoms with Gasteiger partial charge in [-0.3, -0.25) is 0 Å². The zero-order valence-electron chi connectivity index (χ0n) is 11.4. The molecule has 0 aliphatic carbocycles. The molecule has 0 aliphatic rings. The van der Waals surface area contributed by atoms with E-state index in [4.69, 9.17) is 23.2 Å². The van der Waals surface area contributed by atoms with Crippen molar-refractivity contribution in [2.45, 2.75) is 18.4 Å². The summed E-state index contributed by atoms with van der Waals surface area (Å²) in [6.45, 7) is 2.02. The number of nitrogens with one attached hydrogen (secondary N) is 1. The molecular formula is C15H15Cl2NO2S. The molecule has 0 unspecified atom stereocenters. The largest absolute Gasteiger partial charge is 0.380 e. The Labute approximate surface area is 134 Å². The molecule has 0 amide bonds. The first kappa shape index (κ1) is 16.1. The van der Waals surface area contributed by atoms with Gasteiger partial charge in [0.1, 0.15) is 0 Å². The second kappa shape index (κ2) is 6.69. The van der Waals surface area contributed by atoms with Crippen LogP contribution in [-0.2, 0) is 16.4 Å². The van der Waals surface area contributed by atoms with E-state index in [0.29, 0.717) is 27.2 Å². The van der Waals surface area contributed by atoms with E-state index in [9.17, 15) is 8.42 Å². The Kier molecular flexibility index (Phi) is 5.14. The molecule has 112 valence electrons. The minimum absolute atomic E-state index is 0.0591. The number of rotatable bonds is 5. The molecule has 0 saturated heterocycles. The van der Waals surface area contributed by atoms with Crippen LogP contribution < -0.4 is 5.32 Å². The van der Waals surface area contributed by atoms with Gasteiger partial charge in [-0.05, 0) is 35.9 Å². The average molecular weight is 344 g/mol. The fourth-order valence-corrected chi connectivity index (χ4v) is 3.36. The lowest BCUT2D eigenvalue weighted by molar-refractivity contribution is 0.597. The quantitative estimate of drug-likeness (QED) is 0.875. The maximum Gasteiger partial charge on any atom is 0.180 e. The standard InChI is InChI=1S/C15H15Cl2NO2S/c1-2-21(19,20)15-6-4-3-5-14(15)18-10-11-9-12(16)7-8-13(11)17/h3-9,18H,2,10H2,1H3. The first-order valence-corrected chi connectivity index (χ1v) is 8.84. The number of anilines is 1. The normalized spacial score (nSPS) is 11.4. The molecule has 6 heteroatoms. The number of hydrogen-bond donors (Lipinski definition) is 1. The Morgan fingerprint density at radius 2 is 1.81 bits per heavy atom. The molecule has 21 heavy (non-hydrogen) atoms. The average Bonchev–Trinajstić information content (AvgIpc) is 2.48. The molecule has 2 aromatic rings. The van der Waals surface area contributed by atoms with Crippen LogP contribution >= 0.6 is 23.2 Å². The summed E-state index contributed by atoms with van der Waals surface area (Å²) < 4.78 is 24.1. The number of sulfone groups is 1. The maximum absolute atomic E-state index is 12.1. The molecule has 0 aromatic heterocycles. The second-order valence-corrected chi connectivity index (χ2v) is 7.58. The van der Waals surface area contributed by atoms with E-state index >= 15 is 0 Å². The molecule has 3 nitrogen and oxygen atoms in total. The predicted molar refractivity (Wildman–Crippen MR) is 88.0 cm³/mol. The van der Waals surface area contributed by atoms with Crippen LogP contribution in [-0.4, -0.2) is 14.2 Å². The molecule has 0 atom stereocenters.